The summed E-state index contributed by atoms with van der Waals surface area (Å²) in [5.74, 6) is 0.385. The zero-order valence-electron chi connectivity index (χ0n) is 14.8. The molecule has 0 radical (unpaired) electrons. The molecule has 1 aliphatic carbocycles. The molecule has 2 aliphatic rings. The molecule has 1 aliphatic heterocycles. The van der Waals surface area contributed by atoms with Gasteiger partial charge in [0, 0.05) is 0 Å². The van der Waals surface area contributed by atoms with Crippen molar-refractivity contribution in [2.45, 2.75) is 25.9 Å². The summed E-state index contributed by atoms with van der Waals surface area (Å²) in [4.78, 5) is 17.1. The SMILES string of the molecule is CC[Si]1(CC)C2=CC(=O)C=CC2=Nc2ccc(O)c(-c3cc(I)c(I)[se]3)c21. The number of phenols is 1. The number of benzene rings is 1. The molecule has 0 saturated carbocycles. The van der Waals surface area contributed by atoms with E-state index in [0.29, 0.717) is 5.75 Å². The average molecular weight is 664 g/mol. The first-order valence-corrected chi connectivity index (χ1v) is 15.0. The third kappa shape index (κ3) is 3.10. The third-order valence-corrected chi connectivity index (χ3v) is 17.2. The van der Waals surface area contributed by atoms with Crippen LogP contribution >= 0.6 is 45.2 Å². The number of halogens is 2. The Kier molecular flexibility index (Phi) is 5.43. The molecule has 27 heavy (non-hydrogen) atoms. The molecule has 7 heteroatoms. The zero-order chi connectivity index (χ0) is 19.3. The fraction of sp³-hybridized carbons (Fsp3) is 0.200. The van der Waals surface area contributed by atoms with Gasteiger partial charge in [-0.15, -0.1) is 0 Å². The van der Waals surface area contributed by atoms with Crippen LogP contribution in [0.4, 0.5) is 5.69 Å². The first-order valence-electron chi connectivity index (χ1n) is 8.76. The molecule has 0 amide bonds. The molecule has 0 bridgehead atoms. The summed E-state index contributed by atoms with van der Waals surface area (Å²) in [7, 11) is -2.20. The van der Waals surface area contributed by atoms with E-state index in [1.54, 1.807) is 18.2 Å². The zero-order valence-corrected chi connectivity index (χ0v) is 21.9. The van der Waals surface area contributed by atoms with E-state index in [1.165, 1.54) is 15.6 Å². The molecule has 0 saturated heterocycles. The monoisotopic (exact) mass is 665 g/mol. The molecule has 4 rings (SSSR count). The van der Waals surface area contributed by atoms with Crippen LogP contribution in [0.5, 0.6) is 5.75 Å². The summed E-state index contributed by atoms with van der Waals surface area (Å²) in [6.07, 6.45) is 5.28. The van der Waals surface area contributed by atoms with Gasteiger partial charge in [-0.1, -0.05) is 0 Å². The number of nitrogens with zero attached hydrogens (tertiary/aromatic N) is 1. The summed E-state index contributed by atoms with van der Waals surface area (Å²) in [5, 5.41) is 13.2. The molecule has 1 aromatic heterocycles. The van der Waals surface area contributed by atoms with E-state index in [0.717, 1.165) is 34.2 Å². The van der Waals surface area contributed by atoms with E-state index in [-0.39, 0.29) is 20.3 Å². The van der Waals surface area contributed by atoms with Gasteiger partial charge in [-0.3, -0.25) is 0 Å². The number of aromatic hydroxyl groups is 1. The number of carbonyl (C=O) groups is 1. The van der Waals surface area contributed by atoms with Gasteiger partial charge in [0.05, 0.1) is 0 Å². The summed E-state index contributed by atoms with van der Waals surface area (Å²) < 4.78 is 3.85. The van der Waals surface area contributed by atoms with Crippen LogP contribution in [-0.2, 0) is 4.79 Å². The Morgan fingerprint density at radius 1 is 1.19 bits per heavy atom. The topological polar surface area (TPSA) is 49.7 Å². The third-order valence-electron chi connectivity index (χ3n) is 5.46. The van der Waals surface area contributed by atoms with Crippen molar-refractivity contribution in [3.05, 3.63) is 47.6 Å². The van der Waals surface area contributed by atoms with E-state index < -0.39 is 8.07 Å². The van der Waals surface area contributed by atoms with E-state index in [4.69, 9.17) is 4.99 Å². The van der Waals surface area contributed by atoms with Gasteiger partial charge < -0.3 is 0 Å². The second kappa shape index (κ2) is 7.40. The molecule has 0 atom stereocenters. The van der Waals surface area contributed by atoms with Gasteiger partial charge in [-0.25, -0.2) is 0 Å². The summed E-state index contributed by atoms with van der Waals surface area (Å²) in [6.45, 7) is 4.44. The van der Waals surface area contributed by atoms with Crippen molar-refractivity contribution in [2.24, 2.45) is 4.99 Å². The molecule has 0 unspecified atom stereocenters. The number of fused-ring (bicyclic) bond motifs is 2. The molecule has 1 aromatic carbocycles. The van der Waals surface area contributed by atoms with Gasteiger partial charge in [-0.05, 0) is 0 Å². The van der Waals surface area contributed by atoms with Gasteiger partial charge in [-0.2, -0.15) is 0 Å². The molecule has 3 nitrogen and oxygen atoms in total. The number of phenolic OH excluding ortho intramolecular Hbond substituents is 1. The van der Waals surface area contributed by atoms with Crippen LogP contribution in [0.3, 0.4) is 0 Å². The Labute approximate surface area is 192 Å². The van der Waals surface area contributed by atoms with Crippen molar-refractivity contribution in [2.75, 3.05) is 0 Å². The first kappa shape index (κ1) is 19.8. The number of carbonyl (C=O) groups excluding carboxylic acids is 1. The Balaban J connectivity index is 2.11. The molecular formula is C20H17I2NO2SeSi. The van der Waals surface area contributed by atoms with E-state index in [9.17, 15) is 9.90 Å². The molecule has 0 fully saturated rings. The van der Waals surface area contributed by atoms with Crippen LogP contribution in [0.25, 0.3) is 10.0 Å². The molecule has 138 valence electrons. The minimum atomic E-state index is -2.20. The van der Waals surface area contributed by atoms with Crippen LogP contribution in [0.15, 0.2) is 46.6 Å². The van der Waals surface area contributed by atoms with Gasteiger partial charge in [0.25, 0.3) is 0 Å². The van der Waals surface area contributed by atoms with Crippen LogP contribution in [-0.4, -0.2) is 39.2 Å². The fourth-order valence-electron chi connectivity index (χ4n) is 4.12. The van der Waals surface area contributed by atoms with Crippen LogP contribution in [0.2, 0.25) is 12.1 Å². The first-order chi connectivity index (χ1) is 12.9. The van der Waals surface area contributed by atoms with Crippen LogP contribution < -0.4 is 5.19 Å². The average Bonchev–Trinajstić information content (AvgIpc) is 2.99. The number of hydrogen-bond acceptors (Lipinski definition) is 3. The second-order valence-corrected chi connectivity index (χ2v) is 17.4. The van der Waals surface area contributed by atoms with Crippen molar-refractivity contribution < 1.29 is 9.90 Å². The quantitative estimate of drug-likeness (QED) is 0.294. The number of ketones is 1. The van der Waals surface area contributed by atoms with Gasteiger partial charge in [0.1, 0.15) is 0 Å². The number of aliphatic imine (C=N–C) groups is 1. The Hall–Kier alpha value is -0.484. The van der Waals surface area contributed by atoms with E-state index in [2.05, 4.69) is 65.1 Å². The maximum atomic E-state index is 12.2. The second-order valence-electron chi connectivity index (χ2n) is 6.67. The standard InChI is InChI=1S/C20H17I2NO2SeSi/c1-3-27(4-2)17-9-11(24)5-6-13(17)23-14-7-8-15(25)18(19(14)27)16-10-12(21)20(22)26-16/h5-10,25H,3-4H2,1-2H3. The predicted octanol–water partition coefficient (Wildman–Crippen LogP) is 4.71. The van der Waals surface area contributed by atoms with E-state index in [1.807, 2.05) is 12.1 Å². The van der Waals surface area contributed by atoms with Crippen molar-refractivity contribution in [3.63, 3.8) is 0 Å². The minimum absolute atomic E-state index is 0.0444. The maximum absolute atomic E-state index is 12.2. The number of rotatable bonds is 3. The van der Waals surface area contributed by atoms with Crippen LogP contribution in [0, 0.1) is 6.01 Å². The molecule has 0 spiro atoms. The van der Waals surface area contributed by atoms with Gasteiger partial charge >= 0.3 is 194 Å². The van der Waals surface area contributed by atoms with Gasteiger partial charge in [0.15, 0.2) is 0 Å². The van der Waals surface area contributed by atoms with Gasteiger partial charge in [0.2, 0.25) is 0 Å². The van der Waals surface area contributed by atoms with Crippen molar-refractivity contribution in [1.82, 2.24) is 0 Å². The summed E-state index contributed by atoms with van der Waals surface area (Å²) >= 11 is 4.99. The summed E-state index contributed by atoms with van der Waals surface area (Å²) in [6, 6.07) is 7.91. The Morgan fingerprint density at radius 2 is 1.93 bits per heavy atom. The Bertz CT molecular complexity index is 1040. The molecule has 1 N–H and O–H groups in total. The number of allylic oxidation sites excluding steroid dienone is 4. The van der Waals surface area contributed by atoms with Crippen molar-refractivity contribution in [3.8, 4) is 15.8 Å². The fourth-order valence-corrected chi connectivity index (χ4v) is 13.5. The molecular weight excluding hydrogens is 647 g/mol. The van der Waals surface area contributed by atoms with Crippen molar-refractivity contribution in [1.29, 1.82) is 0 Å². The normalized spacial score (nSPS) is 17.3. The van der Waals surface area contributed by atoms with Crippen LogP contribution in [0.1, 0.15) is 13.8 Å². The van der Waals surface area contributed by atoms with E-state index >= 15 is 0 Å². The summed E-state index contributed by atoms with van der Waals surface area (Å²) in [5.41, 5.74) is 2.88. The molecule has 2 aromatic rings. The molecule has 2 heterocycles. The Morgan fingerprint density at radius 3 is 2.56 bits per heavy atom. The number of hydrogen-bond donors (Lipinski definition) is 1. The predicted molar refractivity (Wildman–Crippen MR) is 132 cm³/mol. The van der Waals surface area contributed by atoms with Crippen molar-refractivity contribution >= 4 is 90.1 Å².